The third-order valence-corrected chi connectivity index (χ3v) is 2.37. The zero-order valence-corrected chi connectivity index (χ0v) is 9.23. The minimum atomic E-state index is 0.519. The highest BCUT2D eigenvalue weighted by molar-refractivity contribution is 5.32. The van der Waals surface area contributed by atoms with Crippen molar-refractivity contribution in [2.24, 2.45) is 0 Å². The topological polar surface area (TPSA) is 63.9 Å². The van der Waals surface area contributed by atoms with Crippen molar-refractivity contribution >= 4 is 5.82 Å². The van der Waals surface area contributed by atoms with Crippen LogP contribution in [0.25, 0.3) is 0 Å². The predicted octanol–water partition coefficient (Wildman–Crippen LogP) is 1.92. The molecule has 0 aliphatic carbocycles. The van der Waals surface area contributed by atoms with Gasteiger partial charge in [0.2, 0.25) is 0 Å². The maximum Gasteiger partial charge on any atom is 0.145 e. The second-order valence-corrected chi connectivity index (χ2v) is 3.68. The van der Waals surface area contributed by atoms with Crippen LogP contribution in [-0.2, 0) is 6.42 Å². The number of anilines is 1. The fraction of sp³-hybridized carbons (Fsp3) is 0.250. The molecule has 0 radical (unpaired) electrons. The molecule has 4 nitrogen and oxygen atoms in total. The summed E-state index contributed by atoms with van der Waals surface area (Å²) in [6.45, 7) is 2.65. The van der Waals surface area contributed by atoms with Gasteiger partial charge in [0.05, 0.1) is 6.61 Å². The Morgan fingerprint density at radius 3 is 2.88 bits per heavy atom. The Balaban J connectivity index is 1.87. The maximum atomic E-state index is 5.66. The third kappa shape index (κ3) is 2.53. The molecule has 0 spiro atoms. The number of benzene rings is 1. The molecule has 0 saturated heterocycles. The summed E-state index contributed by atoms with van der Waals surface area (Å²) in [5, 5.41) is 6.71. The molecule has 3 N–H and O–H groups in total. The lowest BCUT2D eigenvalue weighted by atomic mass is 10.2. The summed E-state index contributed by atoms with van der Waals surface area (Å²) in [5.41, 5.74) is 7.64. The van der Waals surface area contributed by atoms with E-state index in [0.29, 0.717) is 12.4 Å². The highest BCUT2D eigenvalue weighted by Gasteiger charge is 2.00. The number of H-pyrrole nitrogens is 1. The van der Waals surface area contributed by atoms with E-state index >= 15 is 0 Å². The molecular weight excluding hydrogens is 202 g/mol. The number of aromatic nitrogens is 2. The van der Waals surface area contributed by atoms with Crippen molar-refractivity contribution in [1.29, 1.82) is 0 Å². The van der Waals surface area contributed by atoms with Crippen molar-refractivity contribution in [3.05, 3.63) is 41.6 Å². The van der Waals surface area contributed by atoms with E-state index in [1.807, 2.05) is 37.3 Å². The van der Waals surface area contributed by atoms with Crippen LogP contribution >= 0.6 is 0 Å². The van der Waals surface area contributed by atoms with Gasteiger partial charge in [-0.15, -0.1) is 0 Å². The van der Waals surface area contributed by atoms with Crippen molar-refractivity contribution in [2.45, 2.75) is 13.3 Å². The number of nitrogens with zero attached hydrogens (tertiary/aromatic N) is 1. The van der Waals surface area contributed by atoms with Gasteiger partial charge >= 0.3 is 0 Å². The zero-order valence-electron chi connectivity index (χ0n) is 9.23. The monoisotopic (exact) mass is 217 g/mol. The molecule has 0 amide bonds. The summed E-state index contributed by atoms with van der Waals surface area (Å²) < 4.78 is 5.66. The number of nitrogens with one attached hydrogen (secondary N) is 1. The van der Waals surface area contributed by atoms with E-state index in [1.54, 1.807) is 0 Å². The van der Waals surface area contributed by atoms with Crippen LogP contribution in [0, 0.1) is 6.92 Å². The Labute approximate surface area is 94.4 Å². The van der Waals surface area contributed by atoms with Crippen molar-refractivity contribution in [3.8, 4) is 5.75 Å². The number of nitrogen functional groups attached to an aromatic ring is 1. The SMILES string of the molecule is Cc1ccccc1OCCc1cc(N)n[nH]1. The first-order valence-corrected chi connectivity index (χ1v) is 5.24. The lowest BCUT2D eigenvalue weighted by Gasteiger charge is -2.07. The summed E-state index contributed by atoms with van der Waals surface area (Å²) in [6.07, 6.45) is 0.776. The van der Waals surface area contributed by atoms with Crippen molar-refractivity contribution in [3.63, 3.8) is 0 Å². The minimum Gasteiger partial charge on any atom is -0.493 e. The Bertz CT molecular complexity index is 465. The minimum absolute atomic E-state index is 0.519. The van der Waals surface area contributed by atoms with Gasteiger partial charge in [0, 0.05) is 18.2 Å². The van der Waals surface area contributed by atoms with Gasteiger partial charge in [-0.1, -0.05) is 18.2 Å². The smallest absolute Gasteiger partial charge is 0.145 e. The quantitative estimate of drug-likeness (QED) is 0.822. The van der Waals surface area contributed by atoms with Gasteiger partial charge in [0.1, 0.15) is 11.6 Å². The number of para-hydroxylation sites is 1. The highest BCUT2D eigenvalue weighted by atomic mass is 16.5. The molecule has 0 fully saturated rings. The fourth-order valence-corrected chi connectivity index (χ4v) is 1.50. The fourth-order valence-electron chi connectivity index (χ4n) is 1.50. The van der Waals surface area contributed by atoms with Gasteiger partial charge in [-0.05, 0) is 18.6 Å². The molecule has 0 atom stereocenters. The van der Waals surface area contributed by atoms with Gasteiger partial charge in [0.25, 0.3) is 0 Å². The van der Waals surface area contributed by atoms with Gasteiger partial charge in [-0.25, -0.2) is 0 Å². The Morgan fingerprint density at radius 2 is 2.19 bits per heavy atom. The van der Waals surface area contributed by atoms with Gasteiger partial charge in [-0.2, -0.15) is 5.10 Å². The second kappa shape index (κ2) is 4.70. The molecule has 1 aromatic heterocycles. The van der Waals surface area contributed by atoms with Crippen LogP contribution < -0.4 is 10.5 Å². The molecule has 1 heterocycles. The average molecular weight is 217 g/mol. The molecule has 2 aromatic rings. The number of aromatic amines is 1. The molecule has 0 aliphatic heterocycles. The normalized spacial score (nSPS) is 10.3. The van der Waals surface area contributed by atoms with Gasteiger partial charge in [0.15, 0.2) is 0 Å². The Hall–Kier alpha value is -1.97. The van der Waals surface area contributed by atoms with Crippen LogP contribution in [0.15, 0.2) is 30.3 Å². The first kappa shape index (κ1) is 10.5. The standard InChI is InChI=1S/C12H15N3O/c1-9-4-2-3-5-11(9)16-7-6-10-8-12(13)15-14-10/h2-5,8H,6-7H2,1H3,(H3,13,14,15). The summed E-state index contributed by atoms with van der Waals surface area (Å²) in [5.74, 6) is 1.45. The van der Waals surface area contributed by atoms with Crippen molar-refractivity contribution in [2.75, 3.05) is 12.3 Å². The van der Waals surface area contributed by atoms with E-state index in [4.69, 9.17) is 10.5 Å². The molecule has 0 saturated carbocycles. The molecule has 0 unspecified atom stereocenters. The lowest BCUT2D eigenvalue weighted by molar-refractivity contribution is 0.318. The summed E-state index contributed by atoms with van der Waals surface area (Å²) >= 11 is 0. The van der Waals surface area contributed by atoms with Crippen LogP contribution in [0.3, 0.4) is 0 Å². The number of hydrogen-bond acceptors (Lipinski definition) is 3. The van der Waals surface area contributed by atoms with Crippen LogP contribution in [-0.4, -0.2) is 16.8 Å². The third-order valence-electron chi connectivity index (χ3n) is 2.37. The van der Waals surface area contributed by atoms with E-state index in [-0.39, 0.29) is 0 Å². The second-order valence-electron chi connectivity index (χ2n) is 3.68. The Morgan fingerprint density at radius 1 is 1.38 bits per heavy atom. The van der Waals surface area contributed by atoms with Crippen LogP contribution in [0.2, 0.25) is 0 Å². The van der Waals surface area contributed by atoms with Crippen LogP contribution in [0.1, 0.15) is 11.3 Å². The number of ether oxygens (including phenoxy) is 1. The van der Waals surface area contributed by atoms with Gasteiger partial charge in [-0.3, -0.25) is 5.10 Å². The number of rotatable bonds is 4. The van der Waals surface area contributed by atoms with Gasteiger partial charge < -0.3 is 10.5 Å². The van der Waals surface area contributed by atoms with E-state index < -0.39 is 0 Å². The van der Waals surface area contributed by atoms with Crippen LogP contribution in [0.4, 0.5) is 5.82 Å². The van der Waals surface area contributed by atoms with E-state index in [0.717, 1.165) is 23.4 Å². The summed E-state index contributed by atoms with van der Waals surface area (Å²) in [4.78, 5) is 0. The summed E-state index contributed by atoms with van der Waals surface area (Å²) in [7, 11) is 0. The number of nitrogens with two attached hydrogens (primary N) is 1. The van der Waals surface area contributed by atoms with Crippen molar-refractivity contribution in [1.82, 2.24) is 10.2 Å². The molecule has 16 heavy (non-hydrogen) atoms. The van der Waals surface area contributed by atoms with Crippen molar-refractivity contribution < 1.29 is 4.74 Å². The zero-order chi connectivity index (χ0) is 11.4. The highest BCUT2D eigenvalue weighted by Crippen LogP contribution is 2.16. The van der Waals surface area contributed by atoms with Crippen LogP contribution in [0.5, 0.6) is 5.75 Å². The molecule has 0 aliphatic rings. The Kier molecular flexibility index (Phi) is 3.10. The number of aryl methyl sites for hydroxylation is 1. The maximum absolute atomic E-state index is 5.66. The molecule has 4 heteroatoms. The molecule has 1 aromatic carbocycles. The molecule has 84 valence electrons. The molecular formula is C12H15N3O. The van der Waals surface area contributed by atoms with E-state index in [9.17, 15) is 0 Å². The van der Waals surface area contributed by atoms with E-state index in [1.165, 1.54) is 0 Å². The average Bonchev–Trinajstić information content (AvgIpc) is 2.67. The molecule has 2 rings (SSSR count). The molecule has 0 bridgehead atoms. The van der Waals surface area contributed by atoms with E-state index in [2.05, 4.69) is 10.2 Å². The largest absolute Gasteiger partial charge is 0.493 e. The summed E-state index contributed by atoms with van der Waals surface area (Å²) in [6, 6.07) is 9.79. The predicted molar refractivity (Wildman–Crippen MR) is 63.4 cm³/mol. The number of hydrogen-bond donors (Lipinski definition) is 2. The lowest BCUT2D eigenvalue weighted by Crippen LogP contribution is -2.02. The first-order chi connectivity index (χ1) is 7.75. The first-order valence-electron chi connectivity index (χ1n) is 5.24.